The van der Waals surface area contributed by atoms with Crippen molar-refractivity contribution in [2.24, 2.45) is 0 Å². The van der Waals surface area contributed by atoms with Gasteiger partial charge < -0.3 is 10.8 Å². The standard InChI is InChI=1S/C11H12ClN3O/c12-9-4-2-1-3-8(9)10(16)7-15-11(13)5-6-14-15/h1-6,10,16H,7,13H2. The normalized spacial score (nSPS) is 12.6. The summed E-state index contributed by atoms with van der Waals surface area (Å²) >= 11 is 5.98. The number of nitrogens with zero attached hydrogens (tertiary/aromatic N) is 2. The first-order chi connectivity index (χ1) is 7.68. The molecule has 4 nitrogen and oxygen atoms in total. The van der Waals surface area contributed by atoms with Gasteiger partial charge in [-0.05, 0) is 12.1 Å². The van der Waals surface area contributed by atoms with Crippen LogP contribution in [0.2, 0.25) is 5.02 Å². The molecule has 0 spiro atoms. The highest BCUT2D eigenvalue weighted by Gasteiger charge is 2.12. The molecule has 0 fully saturated rings. The number of benzene rings is 1. The van der Waals surface area contributed by atoms with Crippen molar-refractivity contribution in [3.63, 3.8) is 0 Å². The minimum Gasteiger partial charge on any atom is -0.386 e. The number of aromatic nitrogens is 2. The second-order valence-electron chi connectivity index (χ2n) is 3.48. The van der Waals surface area contributed by atoms with Crippen LogP contribution in [0.3, 0.4) is 0 Å². The molecule has 0 saturated heterocycles. The minimum atomic E-state index is -0.712. The predicted octanol–water partition coefficient (Wildman–Crippen LogP) is 1.85. The summed E-state index contributed by atoms with van der Waals surface area (Å²) in [5.41, 5.74) is 6.34. The van der Waals surface area contributed by atoms with Gasteiger partial charge in [0.1, 0.15) is 11.9 Å². The van der Waals surface area contributed by atoms with Crippen molar-refractivity contribution in [1.29, 1.82) is 0 Å². The van der Waals surface area contributed by atoms with Gasteiger partial charge in [-0.15, -0.1) is 0 Å². The van der Waals surface area contributed by atoms with E-state index in [1.54, 1.807) is 24.4 Å². The molecule has 0 radical (unpaired) electrons. The van der Waals surface area contributed by atoms with E-state index in [1.165, 1.54) is 4.68 Å². The summed E-state index contributed by atoms with van der Waals surface area (Å²) in [5, 5.41) is 14.5. The van der Waals surface area contributed by atoms with Gasteiger partial charge in [0, 0.05) is 10.6 Å². The number of aliphatic hydroxyl groups excluding tert-OH is 1. The molecule has 0 aliphatic heterocycles. The molecule has 2 aromatic rings. The number of hydrogen-bond acceptors (Lipinski definition) is 3. The van der Waals surface area contributed by atoms with Crippen molar-refractivity contribution in [1.82, 2.24) is 9.78 Å². The van der Waals surface area contributed by atoms with E-state index in [0.29, 0.717) is 22.9 Å². The maximum Gasteiger partial charge on any atom is 0.121 e. The Morgan fingerprint density at radius 2 is 2.12 bits per heavy atom. The SMILES string of the molecule is Nc1ccnn1CC(O)c1ccccc1Cl. The first kappa shape index (κ1) is 11.0. The van der Waals surface area contributed by atoms with Crippen LogP contribution in [0, 0.1) is 0 Å². The maximum atomic E-state index is 10.00. The number of anilines is 1. The van der Waals surface area contributed by atoms with E-state index in [4.69, 9.17) is 17.3 Å². The molecule has 1 aromatic heterocycles. The molecular formula is C11H12ClN3O. The fraction of sp³-hybridized carbons (Fsp3) is 0.182. The van der Waals surface area contributed by atoms with Crippen molar-refractivity contribution in [2.45, 2.75) is 12.6 Å². The van der Waals surface area contributed by atoms with E-state index >= 15 is 0 Å². The van der Waals surface area contributed by atoms with Gasteiger partial charge in [0.15, 0.2) is 0 Å². The quantitative estimate of drug-likeness (QED) is 0.856. The molecule has 5 heteroatoms. The Morgan fingerprint density at radius 3 is 2.75 bits per heavy atom. The Morgan fingerprint density at radius 1 is 1.38 bits per heavy atom. The molecule has 1 heterocycles. The van der Waals surface area contributed by atoms with E-state index in [9.17, 15) is 5.11 Å². The second kappa shape index (κ2) is 4.55. The summed E-state index contributed by atoms with van der Waals surface area (Å²) < 4.78 is 1.54. The van der Waals surface area contributed by atoms with Crippen molar-refractivity contribution >= 4 is 17.4 Å². The molecule has 0 aliphatic rings. The number of hydrogen-bond donors (Lipinski definition) is 2. The predicted molar refractivity (Wildman–Crippen MR) is 63.1 cm³/mol. The van der Waals surface area contributed by atoms with Crippen molar-refractivity contribution in [3.8, 4) is 0 Å². The number of rotatable bonds is 3. The number of halogens is 1. The highest BCUT2D eigenvalue weighted by molar-refractivity contribution is 6.31. The van der Waals surface area contributed by atoms with E-state index in [0.717, 1.165) is 0 Å². The van der Waals surface area contributed by atoms with Gasteiger partial charge in [0.2, 0.25) is 0 Å². The van der Waals surface area contributed by atoms with Crippen LogP contribution in [0.1, 0.15) is 11.7 Å². The zero-order chi connectivity index (χ0) is 11.5. The van der Waals surface area contributed by atoms with Crippen LogP contribution >= 0.6 is 11.6 Å². The summed E-state index contributed by atoms with van der Waals surface area (Å²) in [6.07, 6.45) is 0.880. The lowest BCUT2D eigenvalue weighted by Crippen LogP contribution is -2.12. The zero-order valence-corrected chi connectivity index (χ0v) is 9.30. The Balaban J connectivity index is 2.18. The Bertz CT molecular complexity index is 484. The van der Waals surface area contributed by atoms with Crippen LogP contribution in [0.15, 0.2) is 36.5 Å². The molecule has 0 amide bonds. The van der Waals surface area contributed by atoms with Crippen molar-refractivity contribution in [3.05, 3.63) is 47.1 Å². The van der Waals surface area contributed by atoms with Crippen LogP contribution in [0.5, 0.6) is 0 Å². The van der Waals surface area contributed by atoms with Crippen LogP contribution in [0.25, 0.3) is 0 Å². The molecule has 1 atom stereocenters. The summed E-state index contributed by atoms with van der Waals surface area (Å²) in [5.74, 6) is 0.520. The Kier molecular flexibility index (Phi) is 3.12. The highest BCUT2D eigenvalue weighted by Crippen LogP contribution is 2.24. The summed E-state index contributed by atoms with van der Waals surface area (Å²) in [6.45, 7) is 0.294. The molecule has 0 bridgehead atoms. The smallest absolute Gasteiger partial charge is 0.121 e. The zero-order valence-electron chi connectivity index (χ0n) is 8.55. The third-order valence-electron chi connectivity index (χ3n) is 2.36. The van der Waals surface area contributed by atoms with Gasteiger partial charge in [0.05, 0.1) is 12.7 Å². The molecule has 0 saturated carbocycles. The van der Waals surface area contributed by atoms with E-state index in [-0.39, 0.29) is 0 Å². The summed E-state index contributed by atoms with van der Waals surface area (Å²) in [7, 11) is 0. The van der Waals surface area contributed by atoms with Gasteiger partial charge in [-0.25, -0.2) is 4.68 Å². The van der Waals surface area contributed by atoms with Gasteiger partial charge in [-0.1, -0.05) is 29.8 Å². The second-order valence-corrected chi connectivity index (χ2v) is 3.88. The van der Waals surface area contributed by atoms with E-state index in [2.05, 4.69) is 5.10 Å². The van der Waals surface area contributed by atoms with Crippen LogP contribution in [-0.2, 0) is 6.54 Å². The van der Waals surface area contributed by atoms with Gasteiger partial charge in [-0.2, -0.15) is 5.10 Å². The first-order valence-electron chi connectivity index (χ1n) is 4.88. The Hall–Kier alpha value is -1.52. The molecule has 1 unspecified atom stereocenters. The number of nitrogens with two attached hydrogens (primary N) is 1. The summed E-state index contributed by atoms with van der Waals surface area (Å²) in [4.78, 5) is 0. The maximum absolute atomic E-state index is 10.00. The third kappa shape index (κ3) is 2.18. The fourth-order valence-electron chi connectivity index (χ4n) is 1.50. The molecule has 84 valence electrons. The number of nitrogen functional groups attached to an aromatic ring is 1. The lowest BCUT2D eigenvalue weighted by Gasteiger charge is -2.13. The van der Waals surface area contributed by atoms with Crippen LogP contribution < -0.4 is 5.73 Å². The van der Waals surface area contributed by atoms with Crippen molar-refractivity contribution < 1.29 is 5.11 Å². The molecule has 3 N–H and O–H groups in total. The van der Waals surface area contributed by atoms with E-state index in [1.807, 2.05) is 12.1 Å². The van der Waals surface area contributed by atoms with Gasteiger partial charge in [0.25, 0.3) is 0 Å². The molecule has 2 rings (SSSR count). The number of aliphatic hydroxyl groups is 1. The lowest BCUT2D eigenvalue weighted by atomic mass is 10.1. The van der Waals surface area contributed by atoms with Crippen molar-refractivity contribution in [2.75, 3.05) is 5.73 Å². The van der Waals surface area contributed by atoms with E-state index < -0.39 is 6.10 Å². The average Bonchev–Trinajstić information content (AvgIpc) is 2.65. The molecule has 0 aliphatic carbocycles. The van der Waals surface area contributed by atoms with Gasteiger partial charge in [-0.3, -0.25) is 0 Å². The summed E-state index contributed by atoms with van der Waals surface area (Å²) in [6, 6.07) is 8.86. The lowest BCUT2D eigenvalue weighted by molar-refractivity contribution is 0.152. The minimum absolute atomic E-state index is 0.294. The molecule has 1 aromatic carbocycles. The highest BCUT2D eigenvalue weighted by atomic mass is 35.5. The van der Waals surface area contributed by atoms with Crippen LogP contribution in [0.4, 0.5) is 5.82 Å². The largest absolute Gasteiger partial charge is 0.386 e. The topological polar surface area (TPSA) is 64.1 Å². The molecular weight excluding hydrogens is 226 g/mol. The van der Waals surface area contributed by atoms with Crippen LogP contribution in [-0.4, -0.2) is 14.9 Å². The monoisotopic (exact) mass is 237 g/mol. The molecule has 16 heavy (non-hydrogen) atoms. The first-order valence-corrected chi connectivity index (χ1v) is 5.26. The average molecular weight is 238 g/mol. The fourth-order valence-corrected chi connectivity index (χ4v) is 1.76. The Labute approximate surface area is 98.3 Å². The third-order valence-corrected chi connectivity index (χ3v) is 2.70. The van der Waals surface area contributed by atoms with Gasteiger partial charge >= 0.3 is 0 Å².